The number of carbonyl (C=O) groups is 1. The summed E-state index contributed by atoms with van der Waals surface area (Å²) in [7, 11) is 0. The van der Waals surface area contributed by atoms with Crippen LogP contribution in [0.5, 0.6) is 0 Å². The summed E-state index contributed by atoms with van der Waals surface area (Å²) in [4.78, 5) is 21.6. The van der Waals surface area contributed by atoms with Gasteiger partial charge < -0.3 is 9.73 Å². The Morgan fingerprint density at radius 1 is 1.15 bits per heavy atom. The maximum Gasteiger partial charge on any atom is 0.230 e. The van der Waals surface area contributed by atoms with Gasteiger partial charge in [-0.3, -0.25) is 4.79 Å². The molecule has 0 aliphatic rings. The molecule has 0 atom stereocenters. The van der Waals surface area contributed by atoms with Crippen LogP contribution in [0.1, 0.15) is 5.76 Å². The summed E-state index contributed by atoms with van der Waals surface area (Å²) in [5, 5.41) is 7.32. The molecule has 1 amide bonds. The number of halogens is 1. The first-order chi connectivity index (χ1) is 13.2. The van der Waals surface area contributed by atoms with Crippen molar-refractivity contribution in [2.75, 3.05) is 5.75 Å². The predicted octanol–water partition coefficient (Wildman–Crippen LogP) is 5.01. The lowest BCUT2D eigenvalue weighted by Gasteiger charge is -2.04. The van der Waals surface area contributed by atoms with E-state index in [1.165, 1.54) is 18.1 Å². The Bertz CT molecular complexity index is 1080. The summed E-state index contributed by atoms with van der Waals surface area (Å²) in [6, 6.07) is 13.1. The number of nitrogens with one attached hydrogen (secondary N) is 1. The van der Waals surface area contributed by atoms with Gasteiger partial charge in [0.1, 0.15) is 27.7 Å². The Morgan fingerprint density at radius 2 is 2.00 bits per heavy atom. The summed E-state index contributed by atoms with van der Waals surface area (Å²) >= 11 is 8.86. The number of amides is 1. The average Bonchev–Trinajstić information content (AvgIpc) is 3.35. The quantitative estimate of drug-likeness (QED) is 0.354. The van der Waals surface area contributed by atoms with Crippen molar-refractivity contribution in [2.45, 2.75) is 11.6 Å². The molecule has 27 heavy (non-hydrogen) atoms. The van der Waals surface area contributed by atoms with Crippen molar-refractivity contribution in [3.63, 3.8) is 0 Å². The van der Waals surface area contributed by atoms with Gasteiger partial charge in [0.15, 0.2) is 0 Å². The Kier molecular flexibility index (Phi) is 5.42. The van der Waals surface area contributed by atoms with Gasteiger partial charge in [-0.25, -0.2) is 9.97 Å². The number of benzene rings is 1. The Morgan fingerprint density at radius 3 is 2.85 bits per heavy atom. The number of hydrogen-bond donors (Lipinski definition) is 1. The molecule has 0 aliphatic heterocycles. The summed E-state index contributed by atoms with van der Waals surface area (Å²) in [5.41, 5.74) is 0.941. The third kappa shape index (κ3) is 4.32. The van der Waals surface area contributed by atoms with Crippen molar-refractivity contribution < 1.29 is 9.21 Å². The molecule has 0 bridgehead atoms. The fraction of sp³-hybridized carbons (Fsp3) is 0.105. The summed E-state index contributed by atoms with van der Waals surface area (Å²) in [6.07, 6.45) is 1.53. The molecule has 4 aromatic rings. The Hall–Kier alpha value is -2.35. The molecule has 1 aromatic carbocycles. The number of fused-ring (bicyclic) bond motifs is 1. The second-order valence-electron chi connectivity index (χ2n) is 5.66. The molecule has 0 saturated carbocycles. The van der Waals surface area contributed by atoms with Gasteiger partial charge >= 0.3 is 0 Å². The third-order valence-electron chi connectivity index (χ3n) is 3.82. The molecule has 5 nitrogen and oxygen atoms in total. The number of carbonyl (C=O) groups excluding carboxylic acids is 1. The van der Waals surface area contributed by atoms with Crippen molar-refractivity contribution in [1.82, 2.24) is 15.3 Å². The van der Waals surface area contributed by atoms with Crippen molar-refractivity contribution in [3.05, 3.63) is 65.0 Å². The summed E-state index contributed by atoms with van der Waals surface area (Å²) in [6.45, 7) is 0.338. The van der Waals surface area contributed by atoms with Gasteiger partial charge in [0.2, 0.25) is 5.91 Å². The zero-order valence-electron chi connectivity index (χ0n) is 14.0. The largest absolute Gasteiger partial charge is 0.459 e. The van der Waals surface area contributed by atoms with Gasteiger partial charge in [-0.05, 0) is 47.8 Å². The van der Waals surface area contributed by atoms with Gasteiger partial charge in [-0.15, -0.1) is 11.3 Å². The fourth-order valence-electron chi connectivity index (χ4n) is 2.50. The third-order valence-corrected chi connectivity index (χ3v) is 5.89. The first-order valence-electron chi connectivity index (χ1n) is 8.11. The summed E-state index contributed by atoms with van der Waals surface area (Å²) in [5.74, 6) is 1.64. The maximum absolute atomic E-state index is 12.1. The van der Waals surface area contributed by atoms with Crippen LogP contribution in [0.25, 0.3) is 21.5 Å². The second kappa shape index (κ2) is 8.12. The number of nitrogens with zero attached hydrogens (tertiary/aromatic N) is 2. The lowest BCUT2D eigenvalue weighted by atomic mass is 10.2. The first kappa shape index (κ1) is 18.0. The SMILES string of the molecule is O=C(CSc1ncnc2sccc12)NCc1ccc(-c2ccc(Cl)cc2)o1. The Balaban J connectivity index is 1.32. The van der Waals surface area contributed by atoms with Gasteiger partial charge in [0, 0.05) is 16.0 Å². The number of rotatable bonds is 6. The normalized spacial score (nSPS) is 11.0. The smallest absolute Gasteiger partial charge is 0.230 e. The molecule has 0 aliphatic carbocycles. The van der Waals surface area contributed by atoms with Crippen LogP contribution in [0.2, 0.25) is 5.02 Å². The highest BCUT2D eigenvalue weighted by atomic mass is 35.5. The lowest BCUT2D eigenvalue weighted by molar-refractivity contribution is -0.118. The van der Waals surface area contributed by atoms with E-state index in [0.29, 0.717) is 17.3 Å². The van der Waals surface area contributed by atoms with Crippen LogP contribution < -0.4 is 5.32 Å². The molecule has 136 valence electrons. The zero-order valence-corrected chi connectivity index (χ0v) is 16.4. The van der Waals surface area contributed by atoms with Crippen molar-refractivity contribution in [3.8, 4) is 11.3 Å². The number of hydrogen-bond acceptors (Lipinski definition) is 6. The van der Waals surface area contributed by atoms with E-state index in [9.17, 15) is 4.79 Å². The van der Waals surface area contributed by atoms with Gasteiger partial charge in [0.05, 0.1) is 12.3 Å². The molecule has 8 heteroatoms. The molecule has 0 unspecified atom stereocenters. The van der Waals surface area contributed by atoms with Crippen LogP contribution in [0.15, 0.2) is 63.6 Å². The lowest BCUT2D eigenvalue weighted by Crippen LogP contribution is -2.24. The van der Waals surface area contributed by atoms with E-state index in [4.69, 9.17) is 16.0 Å². The number of aromatic nitrogens is 2. The van der Waals surface area contributed by atoms with Crippen LogP contribution >= 0.6 is 34.7 Å². The molecule has 3 heterocycles. The van der Waals surface area contributed by atoms with Gasteiger partial charge in [-0.1, -0.05) is 23.4 Å². The molecule has 0 fully saturated rings. The fourth-order valence-corrected chi connectivity index (χ4v) is 4.23. The topological polar surface area (TPSA) is 68.0 Å². The maximum atomic E-state index is 12.1. The van der Waals surface area contributed by atoms with E-state index in [0.717, 1.165) is 26.6 Å². The van der Waals surface area contributed by atoms with Crippen LogP contribution in [0.3, 0.4) is 0 Å². The van der Waals surface area contributed by atoms with E-state index >= 15 is 0 Å². The van der Waals surface area contributed by atoms with Crippen molar-refractivity contribution in [1.29, 1.82) is 0 Å². The highest BCUT2D eigenvalue weighted by Crippen LogP contribution is 2.27. The average molecular weight is 416 g/mol. The first-order valence-corrected chi connectivity index (χ1v) is 10.4. The molecule has 0 spiro atoms. The standard InChI is InChI=1S/C19H14ClN3O2S2/c20-13-3-1-12(2-4-13)16-6-5-14(25-16)9-21-17(24)10-27-19-15-7-8-26-18(15)22-11-23-19/h1-8,11H,9-10H2,(H,21,24). The van der Waals surface area contributed by atoms with Crippen LogP contribution in [-0.2, 0) is 11.3 Å². The molecule has 0 radical (unpaired) electrons. The van der Waals surface area contributed by atoms with Gasteiger partial charge in [0.25, 0.3) is 0 Å². The summed E-state index contributed by atoms with van der Waals surface area (Å²) < 4.78 is 5.79. The van der Waals surface area contributed by atoms with Crippen LogP contribution in [-0.4, -0.2) is 21.6 Å². The van der Waals surface area contributed by atoms with E-state index in [2.05, 4.69) is 15.3 Å². The minimum atomic E-state index is -0.0774. The van der Waals surface area contributed by atoms with E-state index in [1.807, 2.05) is 47.8 Å². The Labute approximate surface area is 168 Å². The highest BCUT2D eigenvalue weighted by molar-refractivity contribution is 8.00. The van der Waals surface area contributed by atoms with E-state index in [1.54, 1.807) is 11.3 Å². The molecule has 4 rings (SSSR count). The number of furan rings is 1. The predicted molar refractivity (Wildman–Crippen MR) is 109 cm³/mol. The molecular formula is C19H14ClN3O2S2. The van der Waals surface area contributed by atoms with Crippen LogP contribution in [0.4, 0.5) is 0 Å². The zero-order chi connectivity index (χ0) is 18.6. The second-order valence-corrected chi connectivity index (χ2v) is 7.95. The molecule has 3 aromatic heterocycles. The van der Waals surface area contributed by atoms with E-state index in [-0.39, 0.29) is 11.7 Å². The minimum Gasteiger partial charge on any atom is -0.459 e. The minimum absolute atomic E-state index is 0.0774. The van der Waals surface area contributed by atoms with Crippen molar-refractivity contribution in [2.24, 2.45) is 0 Å². The molecule has 0 saturated heterocycles. The van der Waals surface area contributed by atoms with Gasteiger partial charge in [-0.2, -0.15) is 0 Å². The number of thiophene rings is 1. The molecule has 1 N–H and O–H groups in total. The molecular weight excluding hydrogens is 402 g/mol. The highest BCUT2D eigenvalue weighted by Gasteiger charge is 2.10. The van der Waals surface area contributed by atoms with Crippen LogP contribution in [0, 0.1) is 0 Å². The monoisotopic (exact) mass is 415 g/mol. The number of thioether (sulfide) groups is 1. The van der Waals surface area contributed by atoms with E-state index < -0.39 is 0 Å². The van der Waals surface area contributed by atoms with Crippen molar-refractivity contribution >= 4 is 50.8 Å².